The lowest BCUT2D eigenvalue weighted by Gasteiger charge is -2.36. The smallest absolute Gasteiger partial charge is 0.323 e. The number of carbonyl (C=O) groups excluding carboxylic acids is 1. The summed E-state index contributed by atoms with van der Waals surface area (Å²) in [6.07, 6.45) is 0.0875. The molecule has 0 heterocycles. The average Bonchev–Trinajstić information content (AvgIpc) is 2.86. The van der Waals surface area contributed by atoms with Crippen LogP contribution >= 0.6 is 0 Å². The highest BCUT2D eigenvalue weighted by molar-refractivity contribution is 6.00. The van der Waals surface area contributed by atoms with Gasteiger partial charge in [0.25, 0.3) is 0 Å². The predicted molar refractivity (Wildman–Crippen MR) is 127 cm³/mol. The van der Waals surface area contributed by atoms with E-state index in [1.54, 1.807) is 4.90 Å². The zero-order chi connectivity index (χ0) is 22.2. The van der Waals surface area contributed by atoms with Crippen molar-refractivity contribution in [2.24, 2.45) is 0 Å². The van der Waals surface area contributed by atoms with E-state index in [4.69, 9.17) is 0 Å². The van der Waals surface area contributed by atoms with Crippen molar-refractivity contribution in [2.75, 3.05) is 4.90 Å². The lowest BCUT2D eigenvalue weighted by Crippen LogP contribution is -2.51. The molecule has 4 heteroatoms. The molecule has 0 spiro atoms. The molecule has 0 radical (unpaired) electrons. The number of anilines is 2. The molecular weight excluding hydrogens is 394 g/mol. The van der Waals surface area contributed by atoms with Crippen molar-refractivity contribution in [1.82, 2.24) is 5.32 Å². The molecule has 4 rings (SSSR count). The molecule has 4 nitrogen and oxygen atoms in total. The van der Waals surface area contributed by atoms with Gasteiger partial charge in [-0.15, -0.1) is 0 Å². The van der Waals surface area contributed by atoms with Crippen LogP contribution in [0.4, 0.5) is 16.2 Å². The van der Waals surface area contributed by atoms with Crippen molar-refractivity contribution in [3.05, 3.63) is 132 Å². The summed E-state index contributed by atoms with van der Waals surface area (Å²) in [4.78, 5) is 15.5. The Balaban J connectivity index is 1.84. The fraction of sp³-hybridized carbons (Fsp3) is 0.0714. The van der Waals surface area contributed by atoms with E-state index in [-0.39, 0.29) is 12.5 Å². The summed E-state index contributed by atoms with van der Waals surface area (Å²) in [5, 5.41) is 13.0. The summed E-state index contributed by atoms with van der Waals surface area (Å²) in [7, 11) is 0. The van der Waals surface area contributed by atoms with Gasteiger partial charge in [0, 0.05) is 0 Å². The second kappa shape index (κ2) is 9.63. The fourth-order valence-electron chi connectivity index (χ4n) is 3.90. The molecule has 2 amide bonds. The summed E-state index contributed by atoms with van der Waals surface area (Å²) in [5.41, 5.74) is 2.17. The van der Waals surface area contributed by atoms with Crippen LogP contribution in [0.5, 0.6) is 0 Å². The molecule has 0 unspecified atom stereocenters. The van der Waals surface area contributed by atoms with Gasteiger partial charge in [0.15, 0.2) is 0 Å². The number of para-hydroxylation sites is 2. The summed E-state index contributed by atoms with van der Waals surface area (Å²) in [6.45, 7) is 0. The van der Waals surface area contributed by atoms with E-state index in [9.17, 15) is 10.1 Å². The minimum absolute atomic E-state index is 0.0875. The van der Waals surface area contributed by atoms with Crippen LogP contribution in [0.2, 0.25) is 0 Å². The second-order valence-electron chi connectivity index (χ2n) is 7.41. The van der Waals surface area contributed by atoms with E-state index >= 15 is 0 Å². The molecule has 0 aliphatic rings. The van der Waals surface area contributed by atoms with Gasteiger partial charge in [-0.05, 0) is 35.4 Å². The number of hydrogen-bond donors (Lipinski definition) is 1. The number of nitrogens with zero attached hydrogens (tertiary/aromatic N) is 2. The third-order valence-corrected chi connectivity index (χ3v) is 5.43. The van der Waals surface area contributed by atoms with Crippen molar-refractivity contribution in [3.63, 3.8) is 0 Å². The molecule has 1 N–H and O–H groups in total. The first kappa shape index (κ1) is 20.9. The van der Waals surface area contributed by atoms with Gasteiger partial charge in [-0.2, -0.15) is 5.26 Å². The number of nitriles is 1. The SMILES string of the molecule is N#CCC(NC(=O)N(c1ccccc1)c1ccccc1)(c1ccccc1)c1ccccc1. The Morgan fingerprint density at radius 2 is 1.06 bits per heavy atom. The third-order valence-electron chi connectivity index (χ3n) is 5.43. The number of rotatable bonds is 6. The Kier molecular flexibility index (Phi) is 6.29. The third kappa shape index (κ3) is 4.23. The Hall–Kier alpha value is -4.36. The fourth-order valence-corrected chi connectivity index (χ4v) is 3.90. The molecule has 0 saturated carbocycles. The van der Waals surface area contributed by atoms with E-state index in [0.717, 1.165) is 22.5 Å². The lowest BCUT2D eigenvalue weighted by atomic mass is 9.80. The van der Waals surface area contributed by atoms with Crippen LogP contribution in [0, 0.1) is 11.3 Å². The largest absolute Gasteiger partial charge is 0.327 e. The summed E-state index contributed by atoms with van der Waals surface area (Å²) in [5.74, 6) is 0. The molecule has 4 aromatic rings. The van der Waals surface area contributed by atoms with E-state index in [2.05, 4.69) is 11.4 Å². The molecule has 0 bridgehead atoms. The monoisotopic (exact) mass is 417 g/mol. The highest BCUT2D eigenvalue weighted by atomic mass is 16.2. The maximum Gasteiger partial charge on any atom is 0.327 e. The maximum atomic E-state index is 13.9. The van der Waals surface area contributed by atoms with Crippen molar-refractivity contribution >= 4 is 17.4 Å². The highest BCUT2D eigenvalue weighted by Gasteiger charge is 2.37. The Labute approximate surface area is 188 Å². The number of amides is 2. The second-order valence-corrected chi connectivity index (χ2v) is 7.41. The molecule has 0 atom stereocenters. The van der Waals surface area contributed by atoms with Gasteiger partial charge in [-0.3, -0.25) is 4.90 Å². The van der Waals surface area contributed by atoms with Crippen LogP contribution in [0.15, 0.2) is 121 Å². The molecule has 0 aliphatic heterocycles. The first-order valence-corrected chi connectivity index (χ1v) is 10.4. The van der Waals surface area contributed by atoms with Crippen LogP contribution < -0.4 is 10.2 Å². The molecule has 4 aromatic carbocycles. The van der Waals surface area contributed by atoms with Gasteiger partial charge in [-0.25, -0.2) is 4.79 Å². The van der Waals surface area contributed by atoms with Crippen molar-refractivity contribution in [2.45, 2.75) is 12.0 Å². The number of carbonyl (C=O) groups is 1. The van der Waals surface area contributed by atoms with Gasteiger partial charge in [0.2, 0.25) is 0 Å². The number of hydrogen-bond acceptors (Lipinski definition) is 2. The quantitative estimate of drug-likeness (QED) is 0.395. The lowest BCUT2D eigenvalue weighted by molar-refractivity contribution is 0.238. The Morgan fingerprint density at radius 3 is 1.44 bits per heavy atom. The van der Waals surface area contributed by atoms with Gasteiger partial charge in [-0.1, -0.05) is 97.1 Å². The molecule has 0 fully saturated rings. The molecule has 32 heavy (non-hydrogen) atoms. The first-order valence-electron chi connectivity index (χ1n) is 10.4. The van der Waals surface area contributed by atoms with Gasteiger partial charge >= 0.3 is 6.03 Å². The molecule has 156 valence electrons. The molecule has 0 aromatic heterocycles. The maximum absolute atomic E-state index is 13.9. The molecule has 0 saturated heterocycles. The van der Waals surface area contributed by atoms with Crippen molar-refractivity contribution < 1.29 is 4.79 Å². The zero-order valence-electron chi connectivity index (χ0n) is 17.6. The topological polar surface area (TPSA) is 56.1 Å². The van der Waals surface area contributed by atoms with Crippen molar-refractivity contribution in [3.8, 4) is 6.07 Å². The van der Waals surface area contributed by atoms with Crippen LogP contribution in [0.1, 0.15) is 17.5 Å². The van der Waals surface area contributed by atoms with Crippen LogP contribution in [0.25, 0.3) is 0 Å². The van der Waals surface area contributed by atoms with Gasteiger partial charge in [0.1, 0.15) is 5.54 Å². The Morgan fingerprint density at radius 1 is 0.688 bits per heavy atom. The van der Waals surface area contributed by atoms with Crippen LogP contribution in [-0.2, 0) is 5.54 Å². The van der Waals surface area contributed by atoms with Crippen LogP contribution in [0.3, 0.4) is 0 Å². The minimum Gasteiger partial charge on any atom is -0.323 e. The normalized spacial score (nSPS) is 10.7. The van der Waals surface area contributed by atoms with E-state index in [1.165, 1.54) is 0 Å². The van der Waals surface area contributed by atoms with Gasteiger partial charge < -0.3 is 5.32 Å². The summed E-state index contributed by atoms with van der Waals surface area (Å²) in [6, 6.07) is 40.3. The summed E-state index contributed by atoms with van der Waals surface area (Å²) < 4.78 is 0. The van der Waals surface area contributed by atoms with E-state index in [1.807, 2.05) is 121 Å². The number of benzene rings is 4. The number of urea groups is 1. The highest BCUT2D eigenvalue weighted by Crippen LogP contribution is 2.34. The molecular formula is C28H23N3O. The van der Waals surface area contributed by atoms with Crippen molar-refractivity contribution in [1.29, 1.82) is 5.26 Å². The average molecular weight is 418 g/mol. The number of nitrogens with one attached hydrogen (secondary N) is 1. The van der Waals surface area contributed by atoms with E-state index < -0.39 is 5.54 Å². The zero-order valence-corrected chi connectivity index (χ0v) is 17.6. The minimum atomic E-state index is -1.00. The van der Waals surface area contributed by atoms with Crippen LogP contribution in [-0.4, -0.2) is 6.03 Å². The Bertz CT molecular complexity index is 1110. The summed E-state index contributed by atoms with van der Waals surface area (Å²) >= 11 is 0. The standard InChI is InChI=1S/C28H23N3O/c29-22-21-28(23-13-5-1-6-14-23,24-15-7-2-8-16-24)30-27(32)31(25-17-9-3-10-18-25)26-19-11-4-12-20-26/h1-20H,21H2,(H,30,32). The predicted octanol–water partition coefficient (Wildman–Crippen LogP) is 6.39. The van der Waals surface area contributed by atoms with Gasteiger partial charge in [0.05, 0.1) is 23.9 Å². The first-order chi connectivity index (χ1) is 15.7. The molecule has 0 aliphatic carbocycles. The van der Waals surface area contributed by atoms with E-state index in [0.29, 0.717) is 0 Å².